The van der Waals surface area contributed by atoms with Crippen LogP contribution in [0.15, 0.2) is 170 Å². The zero-order chi connectivity index (χ0) is 37.0. The van der Waals surface area contributed by atoms with E-state index < -0.39 is 5.41 Å². The Kier molecular flexibility index (Phi) is 8.15. The fraction of sp³-hybridized carbons (Fsp3) is 0.180. The standard InChI is InChI=1S/C50H46N4/c1-35(2)36-29-30-51-48(31-36)54-44-24-13-12-23-42(44)43-28-27-40(33-47(43)54)50(37-17-8-6-9-18-37,38-19-10-7-11-20-38)39-21-16-22-41(32-39)52-34-53(49(3,4)5)46-26-15-14-25-45(46)52/h6-33,35H,34H2,1-5H3. The van der Waals surface area contributed by atoms with Crippen LogP contribution < -0.4 is 9.80 Å². The van der Waals surface area contributed by atoms with Gasteiger partial charge in [-0.15, -0.1) is 0 Å². The van der Waals surface area contributed by atoms with Gasteiger partial charge >= 0.3 is 0 Å². The van der Waals surface area contributed by atoms with Gasteiger partial charge in [0.1, 0.15) is 5.82 Å². The van der Waals surface area contributed by atoms with Crippen molar-refractivity contribution in [1.82, 2.24) is 9.55 Å². The smallest absolute Gasteiger partial charge is 0.137 e. The first-order chi connectivity index (χ1) is 26.2. The van der Waals surface area contributed by atoms with Gasteiger partial charge in [-0.2, -0.15) is 0 Å². The van der Waals surface area contributed by atoms with Gasteiger partial charge in [-0.3, -0.25) is 4.57 Å². The van der Waals surface area contributed by atoms with Gasteiger partial charge in [0, 0.05) is 28.2 Å². The molecular weight excluding hydrogens is 657 g/mol. The number of para-hydroxylation sites is 3. The van der Waals surface area contributed by atoms with Crippen molar-refractivity contribution in [2.75, 3.05) is 16.5 Å². The van der Waals surface area contributed by atoms with Crippen LogP contribution in [0.3, 0.4) is 0 Å². The Morgan fingerprint density at radius 2 is 1.15 bits per heavy atom. The summed E-state index contributed by atoms with van der Waals surface area (Å²) in [5, 5.41) is 2.43. The fourth-order valence-electron chi connectivity index (χ4n) is 8.66. The van der Waals surface area contributed by atoms with E-state index in [4.69, 9.17) is 4.98 Å². The number of fused-ring (bicyclic) bond motifs is 4. The van der Waals surface area contributed by atoms with Crippen molar-refractivity contribution in [3.8, 4) is 5.82 Å². The first-order valence-corrected chi connectivity index (χ1v) is 19.1. The number of benzene rings is 6. The highest BCUT2D eigenvalue weighted by molar-refractivity contribution is 6.09. The largest absolute Gasteiger partial charge is 0.347 e. The van der Waals surface area contributed by atoms with Crippen molar-refractivity contribution in [1.29, 1.82) is 0 Å². The molecule has 8 aromatic rings. The number of pyridine rings is 1. The third kappa shape index (κ3) is 5.39. The normalized spacial score (nSPS) is 13.3. The quantitative estimate of drug-likeness (QED) is 0.155. The van der Waals surface area contributed by atoms with E-state index in [0.29, 0.717) is 5.92 Å². The van der Waals surface area contributed by atoms with E-state index in [0.717, 1.165) is 23.5 Å². The summed E-state index contributed by atoms with van der Waals surface area (Å²) in [6.07, 6.45) is 1.95. The molecule has 2 aromatic heterocycles. The van der Waals surface area contributed by atoms with Crippen molar-refractivity contribution in [2.24, 2.45) is 0 Å². The maximum Gasteiger partial charge on any atom is 0.137 e. The molecule has 4 heteroatoms. The molecule has 0 amide bonds. The summed E-state index contributed by atoms with van der Waals surface area (Å²) in [7, 11) is 0. The minimum Gasteiger partial charge on any atom is -0.347 e. The molecule has 0 saturated carbocycles. The van der Waals surface area contributed by atoms with E-state index in [-0.39, 0.29) is 5.54 Å². The maximum absolute atomic E-state index is 4.98. The van der Waals surface area contributed by atoms with Crippen molar-refractivity contribution in [2.45, 2.75) is 51.5 Å². The zero-order valence-electron chi connectivity index (χ0n) is 31.7. The number of nitrogens with zero attached hydrogens (tertiary/aromatic N) is 4. The van der Waals surface area contributed by atoms with Crippen molar-refractivity contribution >= 4 is 38.9 Å². The van der Waals surface area contributed by atoms with Gasteiger partial charge < -0.3 is 9.80 Å². The summed E-state index contributed by atoms with van der Waals surface area (Å²) >= 11 is 0. The van der Waals surface area contributed by atoms with Crippen LogP contribution in [-0.4, -0.2) is 21.8 Å². The van der Waals surface area contributed by atoms with Gasteiger partial charge in [0.2, 0.25) is 0 Å². The maximum atomic E-state index is 4.98. The summed E-state index contributed by atoms with van der Waals surface area (Å²) in [6.45, 7) is 12.2. The van der Waals surface area contributed by atoms with Gasteiger partial charge in [0.05, 0.1) is 34.5 Å². The summed E-state index contributed by atoms with van der Waals surface area (Å²) in [4.78, 5) is 9.96. The molecule has 4 nitrogen and oxygen atoms in total. The van der Waals surface area contributed by atoms with E-state index in [1.54, 1.807) is 0 Å². The molecule has 1 aliphatic heterocycles. The lowest BCUT2D eigenvalue weighted by Gasteiger charge is -2.38. The predicted molar refractivity (Wildman–Crippen MR) is 227 cm³/mol. The van der Waals surface area contributed by atoms with Gasteiger partial charge in [-0.05, 0) is 103 Å². The molecule has 54 heavy (non-hydrogen) atoms. The SMILES string of the molecule is CC(C)c1ccnc(-n2c3ccccc3c3ccc(C(c4ccccc4)(c4ccccc4)c4cccc(N5CN(C(C)(C)C)c6ccccc65)c4)cc32)c1. The number of hydrogen-bond donors (Lipinski definition) is 0. The number of hydrogen-bond acceptors (Lipinski definition) is 3. The Bertz CT molecular complexity index is 2570. The second-order valence-corrected chi connectivity index (χ2v) is 15.9. The van der Waals surface area contributed by atoms with Crippen LogP contribution in [0.5, 0.6) is 0 Å². The van der Waals surface area contributed by atoms with Crippen LogP contribution in [0.2, 0.25) is 0 Å². The molecule has 0 radical (unpaired) electrons. The average Bonchev–Trinajstić information content (AvgIpc) is 3.76. The molecule has 0 N–H and O–H groups in total. The Balaban J connectivity index is 1.33. The molecule has 0 bridgehead atoms. The van der Waals surface area contributed by atoms with Crippen LogP contribution in [-0.2, 0) is 5.41 Å². The number of aromatic nitrogens is 2. The van der Waals surface area contributed by atoms with E-state index in [1.807, 2.05) is 6.20 Å². The van der Waals surface area contributed by atoms with Crippen LogP contribution in [0, 0.1) is 0 Å². The second-order valence-electron chi connectivity index (χ2n) is 15.9. The third-order valence-electron chi connectivity index (χ3n) is 11.3. The first kappa shape index (κ1) is 33.7. The predicted octanol–water partition coefficient (Wildman–Crippen LogP) is 12.4. The third-order valence-corrected chi connectivity index (χ3v) is 11.3. The van der Waals surface area contributed by atoms with Gasteiger partial charge in [0.25, 0.3) is 0 Å². The molecule has 1 aliphatic rings. The molecule has 0 fully saturated rings. The molecular formula is C50H46N4. The summed E-state index contributed by atoms with van der Waals surface area (Å²) in [5.41, 5.74) is 11.4. The molecule has 6 aromatic carbocycles. The summed E-state index contributed by atoms with van der Waals surface area (Å²) < 4.78 is 2.36. The molecule has 266 valence electrons. The average molecular weight is 703 g/mol. The van der Waals surface area contributed by atoms with Gasteiger partial charge in [-0.25, -0.2) is 4.98 Å². The number of anilines is 3. The van der Waals surface area contributed by atoms with Crippen molar-refractivity contribution in [3.05, 3.63) is 198 Å². The van der Waals surface area contributed by atoms with Crippen LogP contribution >= 0.6 is 0 Å². The van der Waals surface area contributed by atoms with E-state index >= 15 is 0 Å². The molecule has 0 saturated heterocycles. The minimum atomic E-state index is -0.635. The lowest BCUT2D eigenvalue weighted by Crippen LogP contribution is -2.42. The molecule has 9 rings (SSSR count). The monoisotopic (exact) mass is 702 g/mol. The van der Waals surface area contributed by atoms with Gasteiger partial charge in [0.15, 0.2) is 0 Å². The Morgan fingerprint density at radius 1 is 0.537 bits per heavy atom. The topological polar surface area (TPSA) is 24.3 Å². The van der Waals surface area contributed by atoms with Crippen LogP contribution in [0.25, 0.3) is 27.6 Å². The fourth-order valence-corrected chi connectivity index (χ4v) is 8.66. The van der Waals surface area contributed by atoms with Crippen molar-refractivity contribution in [3.63, 3.8) is 0 Å². The van der Waals surface area contributed by atoms with Gasteiger partial charge in [-0.1, -0.05) is 129 Å². The minimum absolute atomic E-state index is 0.0300. The van der Waals surface area contributed by atoms with E-state index in [9.17, 15) is 0 Å². The molecule has 0 spiro atoms. The highest BCUT2D eigenvalue weighted by Gasteiger charge is 2.40. The highest BCUT2D eigenvalue weighted by atomic mass is 15.4. The first-order valence-electron chi connectivity index (χ1n) is 19.1. The Labute approximate surface area is 319 Å². The van der Waals surface area contributed by atoms with Crippen LogP contribution in [0.1, 0.15) is 68.4 Å². The number of rotatable bonds is 7. The van der Waals surface area contributed by atoms with E-state index in [2.05, 4.69) is 213 Å². The zero-order valence-corrected chi connectivity index (χ0v) is 31.7. The molecule has 0 aliphatic carbocycles. The molecule has 3 heterocycles. The van der Waals surface area contributed by atoms with Crippen LogP contribution in [0.4, 0.5) is 17.1 Å². The summed E-state index contributed by atoms with van der Waals surface area (Å²) in [6, 6.07) is 60.4. The Morgan fingerprint density at radius 3 is 1.85 bits per heavy atom. The van der Waals surface area contributed by atoms with Crippen molar-refractivity contribution < 1.29 is 0 Å². The van der Waals surface area contributed by atoms with E-state index in [1.165, 1.54) is 55.7 Å². The molecule has 0 unspecified atom stereocenters. The Hall–Kier alpha value is -6.13. The highest BCUT2D eigenvalue weighted by Crippen LogP contribution is 2.49. The lowest BCUT2D eigenvalue weighted by atomic mass is 9.65. The summed E-state index contributed by atoms with van der Waals surface area (Å²) in [5.74, 6) is 1.33. The second kappa shape index (κ2) is 13.1. The molecule has 0 atom stereocenters. The lowest BCUT2D eigenvalue weighted by molar-refractivity contribution is 0.518.